The Morgan fingerprint density at radius 1 is 1.38 bits per heavy atom. The number of piperidine rings is 1. The monoisotopic (exact) mass is 222 g/mol. The maximum absolute atomic E-state index is 10.5. The predicted molar refractivity (Wildman–Crippen MR) is 59.1 cm³/mol. The molecule has 1 atom stereocenters. The molecule has 5 nitrogen and oxygen atoms in total. The Bertz CT molecular complexity index is 383. The maximum Gasteiger partial charge on any atom is 0.269 e. The molecule has 0 amide bonds. The number of nitrogens with one attached hydrogen (secondary N) is 1. The molecule has 1 heterocycles. The molecule has 0 spiro atoms. The third-order valence-electron chi connectivity index (χ3n) is 2.98. The Labute approximate surface area is 93.2 Å². The van der Waals surface area contributed by atoms with Gasteiger partial charge in [0, 0.05) is 18.7 Å². The van der Waals surface area contributed by atoms with Crippen molar-refractivity contribution in [3.8, 4) is 0 Å². The summed E-state index contributed by atoms with van der Waals surface area (Å²) >= 11 is 0. The number of nitro benzene ring substituents is 1. The van der Waals surface area contributed by atoms with Crippen LogP contribution >= 0.6 is 0 Å². The molecule has 1 aliphatic heterocycles. The third kappa shape index (κ3) is 2.05. The number of non-ortho nitro benzene ring substituents is 1. The van der Waals surface area contributed by atoms with Crippen LogP contribution in [0.4, 0.5) is 5.69 Å². The molecule has 0 bridgehead atoms. The summed E-state index contributed by atoms with van der Waals surface area (Å²) in [7, 11) is 0. The molecule has 1 aromatic carbocycles. The van der Waals surface area contributed by atoms with Crippen LogP contribution in [0.1, 0.15) is 18.4 Å². The summed E-state index contributed by atoms with van der Waals surface area (Å²) in [5.74, 6) is 0. The number of hydrogen-bond acceptors (Lipinski definition) is 4. The second kappa shape index (κ2) is 4.19. The van der Waals surface area contributed by atoms with Crippen LogP contribution < -0.4 is 5.32 Å². The highest BCUT2D eigenvalue weighted by Gasteiger charge is 2.31. The molecule has 16 heavy (non-hydrogen) atoms. The Balaban J connectivity index is 2.23. The molecule has 2 N–H and O–H groups in total. The van der Waals surface area contributed by atoms with E-state index in [1.54, 1.807) is 12.1 Å². The van der Waals surface area contributed by atoms with Crippen molar-refractivity contribution in [2.75, 3.05) is 13.1 Å². The van der Waals surface area contributed by atoms with Gasteiger partial charge in [0.15, 0.2) is 0 Å². The van der Waals surface area contributed by atoms with Crippen LogP contribution in [0.3, 0.4) is 0 Å². The maximum atomic E-state index is 10.5. The highest BCUT2D eigenvalue weighted by Crippen LogP contribution is 2.29. The van der Waals surface area contributed by atoms with Gasteiger partial charge in [0.2, 0.25) is 0 Å². The fourth-order valence-corrected chi connectivity index (χ4v) is 2.03. The van der Waals surface area contributed by atoms with Gasteiger partial charge in [0.1, 0.15) is 5.60 Å². The highest BCUT2D eigenvalue weighted by molar-refractivity contribution is 5.35. The van der Waals surface area contributed by atoms with E-state index in [2.05, 4.69) is 5.32 Å². The molecule has 86 valence electrons. The van der Waals surface area contributed by atoms with E-state index in [4.69, 9.17) is 0 Å². The van der Waals surface area contributed by atoms with E-state index in [1.807, 2.05) is 0 Å². The Kier molecular flexibility index (Phi) is 2.89. The number of benzene rings is 1. The van der Waals surface area contributed by atoms with Gasteiger partial charge in [0.05, 0.1) is 4.92 Å². The van der Waals surface area contributed by atoms with Crippen molar-refractivity contribution in [1.82, 2.24) is 5.32 Å². The standard InChI is InChI=1S/C11H14N2O3/c14-11(6-1-7-12-8-11)9-2-4-10(5-3-9)13(15)16/h2-5,12,14H,1,6-8H2. The van der Waals surface area contributed by atoms with Crippen molar-refractivity contribution >= 4 is 5.69 Å². The number of rotatable bonds is 2. The number of nitrogens with zero attached hydrogens (tertiary/aromatic N) is 1. The summed E-state index contributed by atoms with van der Waals surface area (Å²) in [5.41, 5.74) is -0.0886. The van der Waals surface area contributed by atoms with Crippen molar-refractivity contribution in [2.45, 2.75) is 18.4 Å². The SMILES string of the molecule is O=[N+]([O-])c1ccc(C2(O)CCCNC2)cc1. The van der Waals surface area contributed by atoms with Gasteiger partial charge in [-0.05, 0) is 37.1 Å². The Hall–Kier alpha value is -1.46. The lowest BCUT2D eigenvalue weighted by atomic mass is 9.87. The first-order chi connectivity index (χ1) is 7.62. The minimum atomic E-state index is -0.882. The van der Waals surface area contributed by atoms with Crippen LogP contribution in [0.15, 0.2) is 24.3 Å². The quantitative estimate of drug-likeness (QED) is 0.581. The molecule has 5 heteroatoms. The van der Waals surface area contributed by atoms with Gasteiger partial charge < -0.3 is 10.4 Å². The lowest BCUT2D eigenvalue weighted by Gasteiger charge is -2.33. The van der Waals surface area contributed by atoms with Gasteiger partial charge in [-0.2, -0.15) is 0 Å². The Morgan fingerprint density at radius 3 is 2.56 bits per heavy atom. The zero-order chi connectivity index (χ0) is 11.6. The van der Waals surface area contributed by atoms with Crippen LogP contribution in [0.25, 0.3) is 0 Å². The first kappa shape index (κ1) is 11.0. The van der Waals surface area contributed by atoms with E-state index in [0.717, 1.165) is 18.5 Å². The number of nitro groups is 1. The van der Waals surface area contributed by atoms with Crippen molar-refractivity contribution in [3.05, 3.63) is 39.9 Å². The fraction of sp³-hybridized carbons (Fsp3) is 0.455. The minimum Gasteiger partial charge on any atom is -0.384 e. The minimum absolute atomic E-state index is 0.0520. The smallest absolute Gasteiger partial charge is 0.269 e. The average molecular weight is 222 g/mol. The summed E-state index contributed by atoms with van der Waals surface area (Å²) in [5, 5.41) is 24.0. The topological polar surface area (TPSA) is 75.4 Å². The van der Waals surface area contributed by atoms with Gasteiger partial charge >= 0.3 is 0 Å². The van der Waals surface area contributed by atoms with Crippen LogP contribution in [-0.4, -0.2) is 23.1 Å². The predicted octanol–water partition coefficient (Wildman–Crippen LogP) is 1.17. The van der Waals surface area contributed by atoms with Crippen molar-refractivity contribution in [3.63, 3.8) is 0 Å². The number of β-amino-alcohol motifs (C(OH)–C–C–N with tert-alkyl or cyclic N) is 1. The fourth-order valence-electron chi connectivity index (χ4n) is 2.03. The summed E-state index contributed by atoms with van der Waals surface area (Å²) in [6, 6.07) is 6.13. The van der Waals surface area contributed by atoms with Crippen LogP contribution in [0.5, 0.6) is 0 Å². The van der Waals surface area contributed by atoms with Crippen molar-refractivity contribution in [1.29, 1.82) is 0 Å². The molecule has 1 aromatic rings. The average Bonchev–Trinajstić information content (AvgIpc) is 2.30. The van der Waals surface area contributed by atoms with Gasteiger partial charge in [-0.1, -0.05) is 0 Å². The van der Waals surface area contributed by atoms with E-state index in [1.165, 1.54) is 12.1 Å². The number of hydrogen-bond donors (Lipinski definition) is 2. The first-order valence-electron chi connectivity index (χ1n) is 5.30. The Morgan fingerprint density at radius 2 is 2.06 bits per heavy atom. The molecule has 0 aromatic heterocycles. The molecule has 0 aliphatic carbocycles. The van der Waals surface area contributed by atoms with Crippen LogP contribution in [-0.2, 0) is 5.60 Å². The van der Waals surface area contributed by atoms with Gasteiger partial charge in [-0.25, -0.2) is 0 Å². The highest BCUT2D eigenvalue weighted by atomic mass is 16.6. The lowest BCUT2D eigenvalue weighted by Crippen LogP contribution is -2.43. The molecule has 1 fully saturated rings. The summed E-state index contributed by atoms with van der Waals surface area (Å²) in [4.78, 5) is 10.1. The van der Waals surface area contributed by atoms with Crippen LogP contribution in [0.2, 0.25) is 0 Å². The molecular weight excluding hydrogens is 208 g/mol. The summed E-state index contributed by atoms with van der Waals surface area (Å²) in [6.07, 6.45) is 1.60. The molecule has 1 saturated heterocycles. The molecule has 2 rings (SSSR count). The molecular formula is C11H14N2O3. The molecule has 1 aliphatic rings. The summed E-state index contributed by atoms with van der Waals surface area (Å²) in [6.45, 7) is 1.42. The van der Waals surface area contributed by atoms with E-state index in [9.17, 15) is 15.2 Å². The largest absolute Gasteiger partial charge is 0.384 e. The molecule has 1 unspecified atom stereocenters. The first-order valence-corrected chi connectivity index (χ1v) is 5.30. The molecule has 0 radical (unpaired) electrons. The van der Waals surface area contributed by atoms with Crippen LogP contribution in [0, 0.1) is 10.1 Å². The van der Waals surface area contributed by atoms with Crippen molar-refractivity contribution in [2.24, 2.45) is 0 Å². The van der Waals surface area contributed by atoms with Crippen molar-refractivity contribution < 1.29 is 10.0 Å². The normalized spacial score (nSPS) is 25.3. The second-order valence-electron chi connectivity index (χ2n) is 4.12. The van der Waals surface area contributed by atoms with E-state index in [-0.39, 0.29) is 5.69 Å². The van der Waals surface area contributed by atoms with E-state index >= 15 is 0 Å². The van der Waals surface area contributed by atoms with E-state index < -0.39 is 10.5 Å². The van der Waals surface area contributed by atoms with E-state index in [0.29, 0.717) is 13.0 Å². The third-order valence-corrected chi connectivity index (χ3v) is 2.98. The van der Waals surface area contributed by atoms with Gasteiger partial charge in [0.25, 0.3) is 5.69 Å². The molecule has 0 saturated carbocycles. The van der Waals surface area contributed by atoms with Gasteiger partial charge in [-0.3, -0.25) is 10.1 Å². The number of aliphatic hydroxyl groups is 1. The lowest BCUT2D eigenvalue weighted by molar-refractivity contribution is -0.384. The zero-order valence-corrected chi connectivity index (χ0v) is 8.85. The second-order valence-corrected chi connectivity index (χ2v) is 4.12. The summed E-state index contributed by atoms with van der Waals surface area (Å²) < 4.78 is 0. The van der Waals surface area contributed by atoms with Gasteiger partial charge in [-0.15, -0.1) is 0 Å². The zero-order valence-electron chi connectivity index (χ0n) is 8.85.